The molecule has 20 heavy (non-hydrogen) atoms. The van der Waals surface area contributed by atoms with Crippen molar-refractivity contribution in [1.29, 1.82) is 0 Å². The first kappa shape index (κ1) is 14.1. The number of aromatic carboxylic acids is 1. The third-order valence-corrected chi connectivity index (χ3v) is 3.13. The second-order valence-electron chi connectivity index (χ2n) is 4.73. The van der Waals surface area contributed by atoms with Crippen molar-refractivity contribution in [2.75, 3.05) is 5.32 Å². The quantitative estimate of drug-likeness (QED) is 0.889. The Kier molecular flexibility index (Phi) is 3.79. The Bertz CT molecular complexity index is 649. The van der Waals surface area contributed by atoms with Gasteiger partial charge >= 0.3 is 5.97 Å². The summed E-state index contributed by atoms with van der Waals surface area (Å²) in [4.78, 5) is 11.1. The molecule has 1 atom stereocenters. The lowest BCUT2D eigenvalue weighted by molar-refractivity contribution is 0.0697. The van der Waals surface area contributed by atoms with Crippen molar-refractivity contribution in [3.63, 3.8) is 0 Å². The number of furan rings is 1. The van der Waals surface area contributed by atoms with E-state index in [-0.39, 0.29) is 11.6 Å². The van der Waals surface area contributed by atoms with E-state index < -0.39 is 11.8 Å². The molecule has 106 valence electrons. The molecule has 0 saturated carbocycles. The van der Waals surface area contributed by atoms with Crippen LogP contribution < -0.4 is 5.32 Å². The van der Waals surface area contributed by atoms with Crippen LogP contribution in [0.25, 0.3) is 0 Å². The van der Waals surface area contributed by atoms with Crippen molar-refractivity contribution >= 4 is 11.7 Å². The fraction of sp³-hybridized carbons (Fsp3) is 0.267. The van der Waals surface area contributed by atoms with Crippen LogP contribution in [-0.2, 0) is 0 Å². The molecule has 0 aliphatic rings. The van der Waals surface area contributed by atoms with Crippen LogP contribution >= 0.6 is 0 Å². The number of carbonyl (C=O) groups is 1. The molecule has 0 saturated heterocycles. The molecule has 2 aromatic rings. The minimum atomic E-state index is -1.17. The number of nitrogens with one attached hydrogen (secondary N) is 1. The highest BCUT2D eigenvalue weighted by Gasteiger charge is 2.16. The van der Waals surface area contributed by atoms with Crippen molar-refractivity contribution in [2.24, 2.45) is 0 Å². The van der Waals surface area contributed by atoms with Crippen molar-refractivity contribution in [2.45, 2.75) is 26.8 Å². The van der Waals surface area contributed by atoms with Crippen LogP contribution in [0.3, 0.4) is 0 Å². The minimum absolute atomic E-state index is 0.0882. The minimum Gasteiger partial charge on any atom is -0.478 e. The first-order valence-corrected chi connectivity index (χ1v) is 6.25. The number of halogens is 1. The largest absolute Gasteiger partial charge is 0.478 e. The average molecular weight is 277 g/mol. The molecule has 0 spiro atoms. The number of carboxylic acids is 1. The van der Waals surface area contributed by atoms with Gasteiger partial charge < -0.3 is 14.8 Å². The maximum absolute atomic E-state index is 13.1. The predicted octanol–water partition coefficient (Wildman–Crippen LogP) is 3.91. The molecule has 0 bridgehead atoms. The van der Waals surface area contributed by atoms with E-state index >= 15 is 0 Å². The van der Waals surface area contributed by atoms with Crippen molar-refractivity contribution in [3.05, 3.63) is 52.7 Å². The van der Waals surface area contributed by atoms with E-state index in [9.17, 15) is 9.18 Å². The summed E-state index contributed by atoms with van der Waals surface area (Å²) in [6, 6.07) is 5.42. The zero-order valence-corrected chi connectivity index (χ0v) is 11.5. The van der Waals surface area contributed by atoms with E-state index in [4.69, 9.17) is 9.52 Å². The predicted molar refractivity (Wildman–Crippen MR) is 73.6 cm³/mol. The molecule has 1 unspecified atom stereocenters. The van der Waals surface area contributed by atoms with Gasteiger partial charge in [-0.25, -0.2) is 9.18 Å². The molecule has 5 heteroatoms. The Morgan fingerprint density at radius 2 is 2.05 bits per heavy atom. The number of rotatable bonds is 4. The van der Waals surface area contributed by atoms with Crippen molar-refractivity contribution in [3.8, 4) is 0 Å². The summed E-state index contributed by atoms with van der Waals surface area (Å²) in [5.74, 6) is -0.166. The third-order valence-electron chi connectivity index (χ3n) is 3.13. The number of hydrogen-bond acceptors (Lipinski definition) is 3. The summed E-state index contributed by atoms with van der Waals surface area (Å²) >= 11 is 0. The highest BCUT2D eigenvalue weighted by molar-refractivity contribution is 5.94. The van der Waals surface area contributed by atoms with Crippen LogP contribution in [0.2, 0.25) is 0 Å². The average Bonchev–Trinajstić information content (AvgIpc) is 2.70. The van der Waals surface area contributed by atoms with E-state index in [0.717, 1.165) is 23.2 Å². The van der Waals surface area contributed by atoms with Crippen LogP contribution in [0.5, 0.6) is 0 Å². The Hall–Kier alpha value is -2.30. The number of benzene rings is 1. The highest BCUT2D eigenvalue weighted by atomic mass is 19.1. The first-order chi connectivity index (χ1) is 9.38. The van der Waals surface area contributed by atoms with Gasteiger partial charge in [-0.3, -0.25) is 0 Å². The molecule has 2 N–H and O–H groups in total. The fourth-order valence-corrected chi connectivity index (χ4v) is 2.21. The standard InChI is InChI=1S/C15H16FNO3/c1-8-6-12(10(3)20-8)9(2)17-14-5-4-11(16)7-13(14)15(18)19/h4-7,9,17H,1-3H3,(H,18,19). The number of carboxylic acid groups (broad SMARTS) is 1. The molecular weight excluding hydrogens is 261 g/mol. The van der Waals surface area contributed by atoms with E-state index in [0.29, 0.717) is 5.69 Å². The van der Waals surface area contributed by atoms with Gasteiger partial charge in [-0.05, 0) is 45.0 Å². The molecule has 0 radical (unpaired) electrons. The van der Waals surface area contributed by atoms with Gasteiger partial charge in [-0.2, -0.15) is 0 Å². The zero-order chi connectivity index (χ0) is 14.9. The van der Waals surface area contributed by atoms with Gasteiger partial charge in [0.15, 0.2) is 0 Å². The van der Waals surface area contributed by atoms with Gasteiger partial charge in [-0.15, -0.1) is 0 Å². The Labute approximate surface area is 116 Å². The third kappa shape index (κ3) is 2.82. The SMILES string of the molecule is Cc1cc(C(C)Nc2ccc(F)cc2C(=O)O)c(C)o1. The molecule has 1 heterocycles. The maximum Gasteiger partial charge on any atom is 0.337 e. The van der Waals surface area contributed by atoms with Gasteiger partial charge in [0.1, 0.15) is 17.3 Å². The molecule has 0 aliphatic heterocycles. The molecule has 1 aromatic carbocycles. The lowest BCUT2D eigenvalue weighted by Crippen LogP contribution is -2.11. The lowest BCUT2D eigenvalue weighted by Gasteiger charge is -2.16. The molecular formula is C15H16FNO3. The van der Waals surface area contributed by atoms with Crippen LogP contribution in [0.1, 0.15) is 40.4 Å². The van der Waals surface area contributed by atoms with Gasteiger partial charge in [0.25, 0.3) is 0 Å². The maximum atomic E-state index is 13.1. The monoisotopic (exact) mass is 277 g/mol. The van der Waals surface area contributed by atoms with Gasteiger partial charge in [0, 0.05) is 11.3 Å². The molecule has 4 nitrogen and oxygen atoms in total. The van der Waals surface area contributed by atoms with Crippen LogP contribution in [-0.4, -0.2) is 11.1 Å². The molecule has 2 rings (SSSR count). The molecule has 0 aliphatic carbocycles. The highest BCUT2D eigenvalue weighted by Crippen LogP contribution is 2.27. The lowest BCUT2D eigenvalue weighted by atomic mass is 10.1. The summed E-state index contributed by atoms with van der Waals surface area (Å²) in [7, 11) is 0. The number of anilines is 1. The Balaban J connectivity index is 2.30. The van der Waals surface area contributed by atoms with E-state index in [1.807, 2.05) is 26.8 Å². The summed E-state index contributed by atoms with van der Waals surface area (Å²) in [6.07, 6.45) is 0. The van der Waals surface area contributed by atoms with E-state index in [2.05, 4.69) is 5.32 Å². The topological polar surface area (TPSA) is 62.5 Å². The number of hydrogen-bond donors (Lipinski definition) is 2. The van der Waals surface area contributed by atoms with Gasteiger partial charge in [0.2, 0.25) is 0 Å². The first-order valence-electron chi connectivity index (χ1n) is 6.25. The summed E-state index contributed by atoms with van der Waals surface area (Å²) in [5, 5.41) is 12.2. The second-order valence-corrected chi connectivity index (χ2v) is 4.73. The zero-order valence-electron chi connectivity index (χ0n) is 11.5. The fourth-order valence-electron chi connectivity index (χ4n) is 2.21. The Morgan fingerprint density at radius 1 is 1.35 bits per heavy atom. The Morgan fingerprint density at radius 3 is 2.60 bits per heavy atom. The normalized spacial score (nSPS) is 12.2. The molecule has 0 amide bonds. The van der Waals surface area contributed by atoms with E-state index in [1.54, 1.807) is 0 Å². The second kappa shape index (κ2) is 5.36. The van der Waals surface area contributed by atoms with Crippen molar-refractivity contribution < 1.29 is 18.7 Å². The van der Waals surface area contributed by atoms with Crippen LogP contribution in [0.4, 0.5) is 10.1 Å². The molecule has 1 aromatic heterocycles. The van der Waals surface area contributed by atoms with Gasteiger partial charge in [-0.1, -0.05) is 0 Å². The summed E-state index contributed by atoms with van der Waals surface area (Å²) < 4.78 is 18.6. The molecule has 0 fully saturated rings. The van der Waals surface area contributed by atoms with Crippen LogP contribution in [0.15, 0.2) is 28.7 Å². The smallest absolute Gasteiger partial charge is 0.337 e. The van der Waals surface area contributed by atoms with Crippen molar-refractivity contribution in [1.82, 2.24) is 0 Å². The summed E-state index contributed by atoms with van der Waals surface area (Å²) in [6.45, 7) is 5.60. The summed E-state index contributed by atoms with van der Waals surface area (Å²) in [5.41, 5.74) is 1.24. The van der Waals surface area contributed by atoms with Gasteiger partial charge in [0.05, 0.1) is 11.6 Å². The van der Waals surface area contributed by atoms with E-state index in [1.165, 1.54) is 12.1 Å². The number of aryl methyl sites for hydroxylation is 2. The van der Waals surface area contributed by atoms with Crippen LogP contribution in [0, 0.1) is 19.7 Å².